The molecule has 0 radical (unpaired) electrons. The highest BCUT2D eigenvalue weighted by Crippen LogP contribution is 2.18. The van der Waals surface area contributed by atoms with E-state index in [-0.39, 0.29) is 18.1 Å². The van der Waals surface area contributed by atoms with Crippen molar-refractivity contribution in [2.45, 2.75) is 12.8 Å². The largest absolute Gasteiger partial charge is 0.481 e. The number of benzene rings is 1. The van der Waals surface area contributed by atoms with Crippen LogP contribution in [0, 0.1) is 5.92 Å². The highest BCUT2D eigenvalue weighted by molar-refractivity contribution is 5.92. The third kappa shape index (κ3) is 2.83. The number of likely N-dealkylation sites (tertiary alicyclic amines) is 1. The van der Waals surface area contributed by atoms with Crippen molar-refractivity contribution in [3.63, 3.8) is 0 Å². The molecule has 3 rings (SSSR count). The van der Waals surface area contributed by atoms with Crippen molar-refractivity contribution in [3.8, 4) is 5.69 Å². The van der Waals surface area contributed by atoms with Crippen LogP contribution >= 0.6 is 0 Å². The summed E-state index contributed by atoms with van der Waals surface area (Å²) in [4.78, 5) is 26.4. The Morgan fingerprint density at radius 2 is 2.00 bits per heavy atom. The van der Waals surface area contributed by atoms with Crippen LogP contribution in [0.5, 0.6) is 0 Å². The van der Waals surface area contributed by atoms with Crippen molar-refractivity contribution >= 4 is 11.9 Å². The molecule has 2 aromatic rings. The molecule has 1 aromatic heterocycles. The van der Waals surface area contributed by atoms with Gasteiger partial charge in [-0.2, -0.15) is 9.90 Å². The molecule has 0 aliphatic carbocycles. The van der Waals surface area contributed by atoms with Crippen molar-refractivity contribution in [1.29, 1.82) is 0 Å². The normalized spacial score (nSPS) is 18.2. The fourth-order valence-electron chi connectivity index (χ4n) is 2.57. The van der Waals surface area contributed by atoms with Crippen molar-refractivity contribution in [2.75, 3.05) is 13.1 Å². The van der Waals surface area contributed by atoms with Crippen LogP contribution in [0.3, 0.4) is 0 Å². The second-order valence-corrected chi connectivity index (χ2v) is 5.28. The van der Waals surface area contributed by atoms with Crippen LogP contribution in [0.4, 0.5) is 0 Å². The smallest absolute Gasteiger partial charge is 0.308 e. The fourth-order valence-corrected chi connectivity index (χ4v) is 2.57. The van der Waals surface area contributed by atoms with Crippen molar-refractivity contribution in [3.05, 3.63) is 42.2 Å². The minimum Gasteiger partial charge on any atom is -0.481 e. The van der Waals surface area contributed by atoms with Crippen LogP contribution in [0.1, 0.15) is 23.3 Å². The van der Waals surface area contributed by atoms with Gasteiger partial charge < -0.3 is 10.0 Å². The summed E-state index contributed by atoms with van der Waals surface area (Å²) in [6.07, 6.45) is 2.71. The maximum atomic E-state index is 12.4. The van der Waals surface area contributed by atoms with Gasteiger partial charge >= 0.3 is 5.97 Å². The lowest BCUT2D eigenvalue weighted by Crippen LogP contribution is -2.42. The van der Waals surface area contributed by atoms with E-state index in [0.717, 1.165) is 5.69 Å². The fraction of sp³-hybridized carbons (Fsp3) is 0.333. The summed E-state index contributed by atoms with van der Waals surface area (Å²) in [5.74, 6) is -1.62. The van der Waals surface area contributed by atoms with Crippen LogP contribution in [0.25, 0.3) is 5.69 Å². The molecular weight excluding hydrogens is 284 g/mol. The zero-order valence-electron chi connectivity index (χ0n) is 11.9. The van der Waals surface area contributed by atoms with Gasteiger partial charge in [0.1, 0.15) is 0 Å². The molecule has 1 amide bonds. The average molecular weight is 300 g/mol. The molecule has 7 nitrogen and oxygen atoms in total. The van der Waals surface area contributed by atoms with Gasteiger partial charge in [0.2, 0.25) is 0 Å². The summed E-state index contributed by atoms with van der Waals surface area (Å²) < 4.78 is 0. The predicted octanol–water partition coefficient (Wildman–Crippen LogP) is 1.20. The molecule has 1 aromatic carbocycles. The Kier molecular flexibility index (Phi) is 3.86. The average Bonchev–Trinajstić information content (AvgIpc) is 3.05. The summed E-state index contributed by atoms with van der Waals surface area (Å²) in [6, 6.07) is 9.30. The lowest BCUT2D eigenvalue weighted by molar-refractivity contribution is -0.143. The van der Waals surface area contributed by atoms with Crippen LogP contribution in [0.2, 0.25) is 0 Å². The van der Waals surface area contributed by atoms with E-state index in [1.165, 1.54) is 11.0 Å². The van der Waals surface area contributed by atoms with Gasteiger partial charge in [0.15, 0.2) is 5.69 Å². The minimum absolute atomic E-state index is 0.229. The van der Waals surface area contributed by atoms with E-state index >= 15 is 0 Å². The number of carboxylic acid groups (broad SMARTS) is 1. The van der Waals surface area contributed by atoms with Gasteiger partial charge in [0.25, 0.3) is 5.91 Å². The first kappa shape index (κ1) is 14.2. The van der Waals surface area contributed by atoms with E-state index in [0.29, 0.717) is 19.4 Å². The van der Waals surface area contributed by atoms with Gasteiger partial charge in [-0.15, -0.1) is 5.10 Å². The molecule has 22 heavy (non-hydrogen) atoms. The van der Waals surface area contributed by atoms with E-state index in [2.05, 4.69) is 10.2 Å². The molecule has 1 N–H and O–H groups in total. The topological polar surface area (TPSA) is 88.3 Å². The Morgan fingerprint density at radius 1 is 1.23 bits per heavy atom. The second kappa shape index (κ2) is 5.97. The number of aromatic nitrogens is 3. The molecule has 1 fully saturated rings. The third-order valence-electron chi connectivity index (χ3n) is 3.76. The molecule has 1 atom stereocenters. The number of para-hydroxylation sites is 1. The summed E-state index contributed by atoms with van der Waals surface area (Å²) in [5, 5.41) is 17.4. The van der Waals surface area contributed by atoms with E-state index in [4.69, 9.17) is 5.11 Å². The molecule has 114 valence electrons. The number of hydrogen-bond acceptors (Lipinski definition) is 4. The number of hydrogen-bond donors (Lipinski definition) is 1. The summed E-state index contributed by atoms with van der Waals surface area (Å²) in [5.41, 5.74) is 0.999. The number of carbonyl (C=O) groups is 2. The van der Waals surface area contributed by atoms with Crippen LogP contribution in [-0.4, -0.2) is 50.0 Å². The van der Waals surface area contributed by atoms with Crippen LogP contribution in [0.15, 0.2) is 36.5 Å². The van der Waals surface area contributed by atoms with Gasteiger partial charge in [-0.3, -0.25) is 9.59 Å². The van der Waals surface area contributed by atoms with Crippen molar-refractivity contribution < 1.29 is 14.7 Å². The molecule has 1 saturated heterocycles. The SMILES string of the molecule is O=C(O)[C@H]1CCCN(C(=O)c2cnn(-c3ccccc3)n2)C1. The Labute approximate surface area is 127 Å². The quantitative estimate of drug-likeness (QED) is 0.920. The molecule has 0 bridgehead atoms. The number of amides is 1. The molecule has 2 heterocycles. The summed E-state index contributed by atoms with van der Waals surface area (Å²) >= 11 is 0. The number of rotatable bonds is 3. The van der Waals surface area contributed by atoms with Crippen LogP contribution < -0.4 is 0 Å². The van der Waals surface area contributed by atoms with Crippen LogP contribution in [-0.2, 0) is 4.79 Å². The van der Waals surface area contributed by atoms with Crippen molar-refractivity contribution in [2.24, 2.45) is 5.92 Å². The molecule has 7 heteroatoms. The van der Waals surface area contributed by atoms with E-state index < -0.39 is 11.9 Å². The number of nitrogens with zero attached hydrogens (tertiary/aromatic N) is 4. The number of piperidine rings is 1. The third-order valence-corrected chi connectivity index (χ3v) is 3.76. The highest BCUT2D eigenvalue weighted by Gasteiger charge is 2.29. The Hall–Kier alpha value is -2.70. The molecule has 0 unspecified atom stereocenters. The number of carboxylic acids is 1. The maximum Gasteiger partial charge on any atom is 0.308 e. The molecular formula is C15H16N4O3. The van der Waals surface area contributed by atoms with Crippen molar-refractivity contribution in [1.82, 2.24) is 19.9 Å². The van der Waals surface area contributed by atoms with Gasteiger partial charge in [-0.05, 0) is 25.0 Å². The Bertz CT molecular complexity index is 683. The number of carbonyl (C=O) groups excluding carboxylic acids is 1. The number of aliphatic carboxylic acids is 1. The molecule has 0 spiro atoms. The first-order valence-corrected chi connectivity index (χ1v) is 7.15. The first-order chi connectivity index (χ1) is 10.6. The predicted molar refractivity (Wildman–Crippen MR) is 77.6 cm³/mol. The van der Waals surface area contributed by atoms with E-state index in [1.807, 2.05) is 30.3 Å². The zero-order valence-corrected chi connectivity index (χ0v) is 11.9. The Morgan fingerprint density at radius 3 is 2.73 bits per heavy atom. The van der Waals surface area contributed by atoms with Gasteiger partial charge in [-0.1, -0.05) is 18.2 Å². The summed E-state index contributed by atoms with van der Waals surface area (Å²) in [6.45, 7) is 0.785. The summed E-state index contributed by atoms with van der Waals surface area (Å²) in [7, 11) is 0. The van der Waals surface area contributed by atoms with E-state index in [9.17, 15) is 9.59 Å². The highest BCUT2D eigenvalue weighted by atomic mass is 16.4. The standard InChI is InChI=1S/C15H16N4O3/c20-14(18-8-4-5-11(10-18)15(21)22)13-9-16-19(17-13)12-6-2-1-3-7-12/h1-3,6-7,9,11H,4-5,8,10H2,(H,21,22)/t11-/m0/s1. The first-order valence-electron chi connectivity index (χ1n) is 7.15. The molecule has 0 saturated carbocycles. The van der Waals surface area contributed by atoms with Gasteiger partial charge in [0.05, 0.1) is 17.8 Å². The van der Waals surface area contributed by atoms with E-state index in [1.54, 1.807) is 4.90 Å². The molecule has 1 aliphatic rings. The van der Waals surface area contributed by atoms with Gasteiger partial charge in [-0.25, -0.2) is 0 Å². The molecule has 1 aliphatic heterocycles. The minimum atomic E-state index is -0.856. The van der Waals surface area contributed by atoms with Gasteiger partial charge in [0, 0.05) is 13.1 Å². The monoisotopic (exact) mass is 300 g/mol. The Balaban J connectivity index is 1.76. The lowest BCUT2D eigenvalue weighted by Gasteiger charge is -2.29. The lowest BCUT2D eigenvalue weighted by atomic mass is 9.98. The zero-order chi connectivity index (χ0) is 15.5. The maximum absolute atomic E-state index is 12.4. The second-order valence-electron chi connectivity index (χ2n) is 5.28.